The number of rotatable bonds is 4. The van der Waals surface area contributed by atoms with Gasteiger partial charge in [0.05, 0.1) is 17.1 Å². The van der Waals surface area contributed by atoms with Crippen LogP contribution in [0.15, 0.2) is 18.2 Å². The molecule has 2 fully saturated rings. The predicted molar refractivity (Wildman–Crippen MR) is 123 cm³/mol. The number of aryl methyl sites for hydroxylation is 2. The molecule has 0 saturated carbocycles. The van der Waals surface area contributed by atoms with Crippen molar-refractivity contribution in [2.75, 3.05) is 39.3 Å². The second-order valence-electron chi connectivity index (χ2n) is 8.85. The topological polar surface area (TPSA) is 81.9 Å². The number of hydrogen-bond donors (Lipinski definition) is 1. The van der Waals surface area contributed by atoms with Gasteiger partial charge in [-0.1, -0.05) is 11.6 Å². The number of benzene rings is 1. The van der Waals surface area contributed by atoms with Crippen LogP contribution < -0.4 is 0 Å². The summed E-state index contributed by atoms with van der Waals surface area (Å²) in [5.74, 6) is 1.07. The first-order chi connectivity index (χ1) is 15.3. The average Bonchev–Trinajstić information content (AvgIpc) is 2.95. The van der Waals surface area contributed by atoms with Gasteiger partial charge in [-0.2, -0.15) is 0 Å². The number of carbonyl (C=O) groups is 2. The average molecular weight is 462 g/mol. The molecule has 174 valence electrons. The lowest BCUT2D eigenvalue weighted by atomic mass is 10.0. The number of hydrogen-bond acceptors (Lipinski definition) is 5. The molecule has 2 atom stereocenters. The van der Waals surface area contributed by atoms with Crippen LogP contribution in [-0.4, -0.2) is 92.6 Å². The van der Waals surface area contributed by atoms with Gasteiger partial charge < -0.3 is 19.5 Å². The number of halogens is 1. The van der Waals surface area contributed by atoms with Crippen molar-refractivity contribution in [1.29, 1.82) is 0 Å². The number of amides is 2. The number of aromatic nitrogens is 2. The van der Waals surface area contributed by atoms with Gasteiger partial charge in [-0.15, -0.1) is 0 Å². The van der Waals surface area contributed by atoms with Gasteiger partial charge in [0, 0.05) is 77.1 Å². The summed E-state index contributed by atoms with van der Waals surface area (Å²) in [6.45, 7) is 5.75. The maximum Gasteiger partial charge on any atom is 0.223 e. The van der Waals surface area contributed by atoms with E-state index in [0.29, 0.717) is 50.5 Å². The highest BCUT2D eigenvalue weighted by molar-refractivity contribution is 6.31. The maximum atomic E-state index is 12.9. The van der Waals surface area contributed by atoms with Crippen molar-refractivity contribution in [3.05, 3.63) is 29.0 Å². The molecule has 0 unspecified atom stereocenters. The number of fused-ring (bicyclic) bond motifs is 1. The first-order valence-corrected chi connectivity index (χ1v) is 11.8. The zero-order valence-corrected chi connectivity index (χ0v) is 19.6. The van der Waals surface area contributed by atoms with Crippen molar-refractivity contribution < 1.29 is 14.7 Å². The second kappa shape index (κ2) is 9.77. The fourth-order valence-electron chi connectivity index (χ4n) is 4.94. The zero-order valence-electron chi connectivity index (χ0n) is 18.8. The Morgan fingerprint density at radius 1 is 1.09 bits per heavy atom. The molecule has 9 heteroatoms. The van der Waals surface area contributed by atoms with E-state index in [4.69, 9.17) is 11.6 Å². The summed E-state index contributed by atoms with van der Waals surface area (Å²) in [5, 5.41) is 11.4. The van der Waals surface area contributed by atoms with Crippen molar-refractivity contribution in [3.63, 3.8) is 0 Å². The summed E-state index contributed by atoms with van der Waals surface area (Å²) in [7, 11) is 1.96. The third-order valence-corrected chi connectivity index (χ3v) is 7.15. The molecule has 3 heterocycles. The normalized spacial score (nSPS) is 22.9. The summed E-state index contributed by atoms with van der Waals surface area (Å²) in [5.41, 5.74) is 1.84. The Morgan fingerprint density at radius 2 is 1.81 bits per heavy atom. The van der Waals surface area contributed by atoms with Crippen LogP contribution in [0.2, 0.25) is 5.02 Å². The summed E-state index contributed by atoms with van der Waals surface area (Å²) in [6, 6.07) is 5.67. The van der Waals surface area contributed by atoms with Gasteiger partial charge in [-0.3, -0.25) is 14.5 Å². The molecule has 1 aromatic carbocycles. The maximum absolute atomic E-state index is 12.9. The molecule has 2 saturated heterocycles. The summed E-state index contributed by atoms with van der Waals surface area (Å²) >= 11 is 6.07. The van der Waals surface area contributed by atoms with Crippen molar-refractivity contribution in [3.8, 4) is 0 Å². The molecule has 2 aliphatic rings. The molecule has 32 heavy (non-hydrogen) atoms. The summed E-state index contributed by atoms with van der Waals surface area (Å²) in [6.07, 6.45) is 1.83. The Labute approximate surface area is 193 Å². The molecule has 0 radical (unpaired) electrons. The fourth-order valence-corrected chi connectivity index (χ4v) is 5.11. The van der Waals surface area contributed by atoms with Gasteiger partial charge in [-0.05, 0) is 31.0 Å². The fraction of sp³-hybridized carbons (Fsp3) is 0.609. The molecule has 2 amide bonds. The zero-order chi connectivity index (χ0) is 22.8. The molecule has 2 aliphatic heterocycles. The number of imidazole rings is 1. The van der Waals surface area contributed by atoms with Crippen LogP contribution in [0.1, 0.15) is 32.0 Å². The van der Waals surface area contributed by atoms with E-state index in [1.807, 2.05) is 39.6 Å². The van der Waals surface area contributed by atoms with Crippen molar-refractivity contribution >= 4 is 34.4 Å². The van der Waals surface area contributed by atoms with E-state index < -0.39 is 6.10 Å². The number of piperazine rings is 1. The monoisotopic (exact) mass is 461 g/mol. The molecular formula is C23H32ClN5O3. The van der Waals surface area contributed by atoms with Gasteiger partial charge in [0.2, 0.25) is 11.8 Å². The first kappa shape index (κ1) is 23.0. The molecule has 1 aromatic heterocycles. The van der Waals surface area contributed by atoms with E-state index in [-0.39, 0.29) is 17.9 Å². The number of carbonyl (C=O) groups excluding carboxylic acids is 2. The smallest absolute Gasteiger partial charge is 0.223 e. The molecule has 0 bridgehead atoms. The molecule has 0 aliphatic carbocycles. The number of nitrogens with zero attached hydrogens (tertiary/aromatic N) is 5. The SMILES string of the molecule is CC(=O)N1CCN([C@H]2CCN(C(=O)CCc3nc4cc(Cl)ccc4n3C)CC[C@@H]2O)CC1. The highest BCUT2D eigenvalue weighted by atomic mass is 35.5. The summed E-state index contributed by atoms with van der Waals surface area (Å²) in [4.78, 5) is 35.2. The minimum absolute atomic E-state index is 0.0338. The molecule has 2 aromatic rings. The first-order valence-electron chi connectivity index (χ1n) is 11.4. The highest BCUT2D eigenvalue weighted by Gasteiger charge is 2.33. The van der Waals surface area contributed by atoms with Gasteiger partial charge in [-0.25, -0.2) is 4.98 Å². The largest absolute Gasteiger partial charge is 0.391 e. The Balaban J connectivity index is 1.32. The lowest BCUT2D eigenvalue weighted by molar-refractivity contribution is -0.132. The van der Waals surface area contributed by atoms with Gasteiger partial charge in [0.15, 0.2) is 0 Å². The minimum atomic E-state index is -0.457. The third-order valence-electron chi connectivity index (χ3n) is 6.91. The predicted octanol–water partition coefficient (Wildman–Crippen LogP) is 1.68. The van der Waals surface area contributed by atoms with Crippen LogP contribution in [0.4, 0.5) is 0 Å². The Bertz CT molecular complexity index is 985. The van der Waals surface area contributed by atoms with E-state index in [0.717, 1.165) is 36.4 Å². The van der Waals surface area contributed by atoms with Crippen LogP contribution in [0.3, 0.4) is 0 Å². The highest BCUT2D eigenvalue weighted by Crippen LogP contribution is 2.22. The van der Waals surface area contributed by atoms with E-state index >= 15 is 0 Å². The molecule has 1 N–H and O–H groups in total. The van der Waals surface area contributed by atoms with Crippen molar-refractivity contribution in [2.45, 2.75) is 44.8 Å². The van der Waals surface area contributed by atoms with E-state index in [1.54, 1.807) is 6.92 Å². The minimum Gasteiger partial charge on any atom is -0.391 e. The van der Waals surface area contributed by atoms with Crippen molar-refractivity contribution in [2.24, 2.45) is 7.05 Å². The number of likely N-dealkylation sites (tertiary alicyclic amines) is 1. The lowest BCUT2D eigenvalue weighted by Gasteiger charge is -2.40. The van der Waals surface area contributed by atoms with Gasteiger partial charge in [0.1, 0.15) is 5.82 Å². The van der Waals surface area contributed by atoms with E-state index in [1.165, 1.54) is 0 Å². The molecule has 0 spiro atoms. The second-order valence-corrected chi connectivity index (χ2v) is 9.29. The molecule has 8 nitrogen and oxygen atoms in total. The lowest BCUT2D eigenvalue weighted by Crippen LogP contribution is -2.54. The van der Waals surface area contributed by atoms with Crippen LogP contribution >= 0.6 is 11.6 Å². The van der Waals surface area contributed by atoms with E-state index in [2.05, 4.69) is 9.88 Å². The Kier molecular flexibility index (Phi) is 7.02. The number of aliphatic hydroxyl groups excluding tert-OH is 1. The van der Waals surface area contributed by atoms with E-state index in [9.17, 15) is 14.7 Å². The Morgan fingerprint density at radius 3 is 2.53 bits per heavy atom. The van der Waals surface area contributed by atoms with Crippen LogP contribution in [0.25, 0.3) is 11.0 Å². The Hall–Kier alpha value is -2.16. The quantitative estimate of drug-likeness (QED) is 0.749. The third kappa shape index (κ3) is 4.92. The van der Waals surface area contributed by atoms with Crippen LogP contribution in [0, 0.1) is 0 Å². The molecule has 4 rings (SSSR count). The summed E-state index contributed by atoms with van der Waals surface area (Å²) < 4.78 is 2.02. The standard InChI is InChI=1S/C23H32ClN5O3/c1-16(30)27-11-13-28(14-12-27)20-7-9-29(10-8-21(20)31)23(32)6-5-22-25-18-15-17(24)3-4-19(18)26(22)2/h3-4,15,20-21,31H,5-14H2,1-2H3/t20-,21-/m0/s1. The van der Waals surface area contributed by atoms with Gasteiger partial charge >= 0.3 is 0 Å². The molecular weight excluding hydrogens is 430 g/mol. The van der Waals surface area contributed by atoms with Crippen LogP contribution in [0.5, 0.6) is 0 Å². The van der Waals surface area contributed by atoms with Gasteiger partial charge in [0.25, 0.3) is 0 Å². The van der Waals surface area contributed by atoms with Crippen LogP contribution in [-0.2, 0) is 23.1 Å². The van der Waals surface area contributed by atoms with Crippen molar-refractivity contribution in [1.82, 2.24) is 24.3 Å². The number of aliphatic hydroxyl groups is 1.